The number of nitrogens with zero attached hydrogens (tertiary/aromatic N) is 3. The van der Waals surface area contributed by atoms with Crippen LogP contribution in [0.15, 0.2) is 24.3 Å². The molecule has 0 bridgehead atoms. The summed E-state index contributed by atoms with van der Waals surface area (Å²) in [5.41, 5.74) is 1.89. The van der Waals surface area contributed by atoms with Crippen LogP contribution in [-0.4, -0.2) is 24.6 Å². The normalized spacial score (nSPS) is 15.3. The Balaban J connectivity index is 1.50. The van der Waals surface area contributed by atoms with Gasteiger partial charge in [-0.15, -0.1) is 0 Å². The van der Waals surface area contributed by atoms with E-state index in [1.54, 1.807) is 7.11 Å². The molecule has 2 aromatic rings. The molecule has 126 valence electrons. The molecule has 1 fully saturated rings. The van der Waals surface area contributed by atoms with Crippen molar-refractivity contribution < 1.29 is 4.74 Å². The summed E-state index contributed by atoms with van der Waals surface area (Å²) >= 11 is 7.31. The lowest BCUT2D eigenvalue weighted by atomic mass is 9.90. The second kappa shape index (κ2) is 7.87. The van der Waals surface area contributed by atoms with Crippen molar-refractivity contribution in [2.75, 3.05) is 25.1 Å². The van der Waals surface area contributed by atoms with E-state index in [0.29, 0.717) is 10.7 Å². The molecule has 1 aliphatic heterocycles. The van der Waals surface area contributed by atoms with Crippen molar-refractivity contribution in [2.45, 2.75) is 25.7 Å². The van der Waals surface area contributed by atoms with Gasteiger partial charge in [0.1, 0.15) is 22.4 Å². The van der Waals surface area contributed by atoms with Gasteiger partial charge in [-0.05, 0) is 60.8 Å². The fraction of sp³-hybridized carbons (Fsp3) is 0.444. The van der Waals surface area contributed by atoms with Crippen molar-refractivity contribution in [2.24, 2.45) is 5.92 Å². The molecule has 0 atom stereocenters. The van der Waals surface area contributed by atoms with Gasteiger partial charge in [0.15, 0.2) is 5.15 Å². The van der Waals surface area contributed by atoms with Crippen molar-refractivity contribution in [3.05, 3.63) is 40.5 Å². The number of hydrogen-bond donors (Lipinski definition) is 0. The molecular formula is C18H20ClN3OS. The topological polar surface area (TPSA) is 49.1 Å². The summed E-state index contributed by atoms with van der Waals surface area (Å²) in [5.74, 6) is 1.64. The van der Waals surface area contributed by atoms with Crippen LogP contribution >= 0.6 is 23.1 Å². The zero-order chi connectivity index (χ0) is 16.9. The summed E-state index contributed by atoms with van der Waals surface area (Å²) < 4.78 is 9.30. The minimum absolute atomic E-state index is 0.333. The van der Waals surface area contributed by atoms with Crippen LogP contribution in [-0.2, 0) is 6.42 Å². The second-order valence-electron chi connectivity index (χ2n) is 6.08. The molecule has 1 aromatic carbocycles. The highest BCUT2D eigenvalue weighted by Gasteiger charge is 2.24. The molecule has 4 nitrogen and oxygen atoms in total. The third-order valence-electron chi connectivity index (χ3n) is 4.65. The number of anilines is 1. The number of methoxy groups -OCH3 is 1. The third-order valence-corrected chi connectivity index (χ3v) is 5.93. The monoisotopic (exact) mass is 361 g/mol. The van der Waals surface area contributed by atoms with Gasteiger partial charge in [-0.1, -0.05) is 23.7 Å². The molecule has 0 aliphatic carbocycles. The van der Waals surface area contributed by atoms with E-state index in [4.69, 9.17) is 16.3 Å². The number of ether oxygens (including phenoxy) is 1. The lowest BCUT2D eigenvalue weighted by Gasteiger charge is -2.32. The molecule has 0 unspecified atom stereocenters. The Morgan fingerprint density at radius 2 is 2.04 bits per heavy atom. The van der Waals surface area contributed by atoms with E-state index in [2.05, 4.69) is 27.5 Å². The van der Waals surface area contributed by atoms with Gasteiger partial charge in [0.25, 0.3) is 0 Å². The highest BCUT2D eigenvalue weighted by molar-refractivity contribution is 7.10. The van der Waals surface area contributed by atoms with E-state index >= 15 is 0 Å². The van der Waals surface area contributed by atoms with Gasteiger partial charge >= 0.3 is 0 Å². The first-order valence-electron chi connectivity index (χ1n) is 8.14. The van der Waals surface area contributed by atoms with Gasteiger partial charge in [-0.3, -0.25) is 0 Å². The van der Waals surface area contributed by atoms with Crippen molar-refractivity contribution in [3.63, 3.8) is 0 Å². The predicted octanol–water partition coefficient (Wildman–Crippen LogP) is 4.53. The molecule has 2 heterocycles. The summed E-state index contributed by atoms with van der Waals surface area (Å²) in [6.07, 6.45) is 4.60. The molecular weight excluding hydrogens is 342 g/mol. The number of piperidine rings is 1. The Labute approximate surface area is 151 Å². The minimum atomic E-state index is 0.333. The fourth-order valence-corrected chi connectivity index (χ4v) is 4.24. The predicted molar refractivity (Wildman–Crippen MR) is 98.1 cm³/mol. The average molecular weight is 362 g/mol. The summed E-state index contributed by atoms with van der Waals surface area (Å²) in [6.45, 7) is 1.95. The summed E-state index contributed by atoms with van der Waals surface area (Å²) in [5, 5.41) is 10.5. The van der Waals surface area contributed by atoms with Crippen LogP contribution in [0.3, 0.4) is 0 Å². The first kappa shape index (κ1) is 17.1. The van der Waals surface area contributed by atoms with Gasteiger partial charge in [-0.25, -0.2) is 0 Å². The van der Waals surface area contributed by atoms with Crippen molar-refractivity contribution in [1.29, 1.82) is 5.26 Å². The maximum absolute atomic E-state index is 9.22. The van der Waals surface area contributed by atoms with Crippen molar-refractivity contribution in [1.82, 2.24) is 4.37 Å². The largest absolute Gasteiger partial charge is 0.497 e. The van der Waals surface area contributed by atoms with Crippen LogP contribution in [0.1, 0.15) is 30.4 Å². The summed E-state index contributed by atoms with van der Waals surface area (Å²) in [6, 6.07) is 10.5. The first-order chi connectivity index (χ1) is 11.7. The van der Waals surface area contributed by atoms with E-state index in [-0.39, 0.29) is 0 Å². The number of aryl methyl sites for hydroxylation is 1. The van der Waals surface area contributed by atoms with Crippen LogP contribution in [0.4, 0.5) is 5.00 Å². The highest BCUT2D eigenvalue weighted by atomic mass is 35.5. The molecule has 1 saturated heterocycles. The lowest BCUT2D eigenvalue weighted by molar-refractivity contribution is 0.382. The van der Waals surface area contributed by atoms with E-state index < -0.39 is 0 Å². The molecule has 1 aromatic heterocycles. The second-order valence-corrected chi connectivity index (χ2v) is 7.19. The molecule has 6 heteroatoms. The number of benzene rings is 1. The SMILES string of the molecule is COc1ccc(CCC2CCN(c3snc(Cl)c3C#N)CC2)cc1. The first-order valence-corrected chi connectivity index (χ1v) is 9.29. The third kappa shape index (κ3) is 3.82. The maximum atomic E-state index is 9.22. The highest BCUT2D eigenvalue weighted by Crippen LogP contribution is 2.34. The van der Waals surface area contributed by atoms with E-state index in [1.165, 1.54) is 23.5 Å². The van der Waals surface area contributed by atoms with Gasteiger partial charge in [0, 0.05) is 13.1 Å². The van der Waals surface area contributed by atoms with Crippen LogP contribution in [0.5, 0.6) is 5.75 Å². The van der Waals surface area contributed by atoms with Crippen LogP contribution in [0.25, 0.3) is 0 Å². The maximum Gasteiger partial charge on any atom is 0.162 e. The standard InChI is InChI=1S/C18H20ClN3OS/c1-23-15-6-4-13(5-7-15)2-3-14-8-10-22(11-9-14)18-16(12-20)17(19)21-24-18/h4-7,14H,2-3,8-11H2,1H3. The Hall–Kier alpha value is -1.77. The minimum Gasteiger partial charge on any atom is -0.497 e. The number of aromatic nitrogens is 1. The van der Waals surface area contributed by atoms with Gasteiger partial charge in [0.05, 0.1) is 7.11 Å². The molecule has 24 heavy (non-hydrogen) atoms. The smallest absolute Gasteiger partial charge is 0.162 e. The van der Waals surface area contributed by atoms with E-state index in [9.17, 15) is 5.26 Å². The average Bonchev–Trinajstić information content (AvgIpc) is 3.01. The Kier molecular flexibility index (Phi) is 5.60. The number of hydrogen-bond acceptors (Lipinski definition) is 5. The Morgan fingerprint density at radius 1 is 1.33 bits per heavy atom. The van der Waals surface area contributed by atoms with Crippen LogP contribution in [0, 0.1) is 17.2 Å². The van der Waals surface area contributed by atoms with Crippen molar-refractivity contribution >= 4 is 28.1 Å². The molecule has 0 radical (unpaired) electrons. The van der Waals surface area contributed by atoms with Gasteiger partial charge < -0.3 is 9.64 Å². The number of nitriles is 1. The summed E-state index contributed by atoms with van der Waals surface area (Å²) in [7, 11) is 1.69. The van der Waals surface area contributed by atoms with E-state index in [0.717, 1.165) is 49.0 Å². The molecule has 0 saturated carbocycles. The van der Waals surface area contributed by atoms with Gasteiger partial charge in [0.2, 0.25) is 0 Å². The Bertz CT molecular complexity index is 715. The number of rotatable bonds is 5. The van der Waals surface area contributed by atoms with Crippen molar-refractivity contribution in [3.8, 4) is 11.8 Å². The molecule has 0 spiro atoms. The van der Waals surface area contributed by atoms with Crippen LogP contribution in [0.2, 0.25) is 5.15 Å². The molecule has 3 rings (SSSR count). The molecule has 0 N–H and O–H groups in total. The quantitative estimate of drug-likeness (QED) is 0.785. The molecule has 0 amide bonds. The van der Waals surface area contributed by atoms with E-state index in [1.807, 2.05) is 12.1 Å². The molecule has 1 aliphatic rings. The number of halogens is 1. The zero-order valence-corrected chi connectivity index (χ0v) is 15.2. The van der Waals surface area contributed by atoms with Gasteiger partial charge in [-0.2, -0.15) is 9.64 Å². The lowest BCUT2D eigenvalue weighted by Crippen LogP contribution is -2.33. The van der Waals surface area contributed by atoms with Crippen LogP contribution < -0.4 is 9.64 Å². The Morgan fingerprint density at radius 3 is 2.67 bits per heavy atom. The summed E-state index contributed by atoms with van der Waals surface area (Å²) in [4.78, 5) is 2.26. The fourth-order valence-electron chi connectivity index (χ4n) is 3.16. The zero-order valence-electron chi connectivity index (χ0n) is 13.7.